The maximum atomic E-state index is 11.6. The van der Waals surface area contributed by atoms with Crippen molar-refractivity contribution in [1.29, 1.82) is 0 Å². The van der Waals surface area contributed by atoms with E-state index in [1.54, 1.807) is 6.07 Å². The van der Waals surface area contributed by atoms with Crippen molar-refractivity contribution in [1.82, 2.24) is 14.5 Å². The Morgan fingerprint density at radius 2 is 1.34 bits per heavy atom. The van der Waals surface area contributed by atoms with E-state index in [4.69, 9.17) is 14.1 Å². The average molecular weight is 992 g/mol. The van der Waals surface area contributed by atoms with Crippen LogP contribution in [0.3, 0.4) is 0 Å². The van der Waals surface area contributed by atoms with E-state index < -0.39 is 12.7 Å². The number of fused-ring (bicyclic) bond motifs is 1. The van der Waals surface area contributed by atoms with Gasteiger partial charge in [0.25, 0.3) is 0 Å². The van der Waals surface area contributed by atoms with Crippen LogP contribution in [0.4, 0.5) is 0 Å². The molecule has 0 atom stereocenters. The predicted octanol–water partition coefficient (Wildman–Crippen LogP) is 14.6. The number of hydrogen-bond acceptors (Lipinski definition) is 3. The molecule has 1 N–H and O–H groups in total. The van der Waals surface area contributed by atoms with Crippen LogP contribution < -0.4 is 0 Å². The van der Waals surface area contributed by atoms with Crippen molar-refractivity contribution in [2.75, 3.05) is 0 Å². The molecule has 0 unspecified atom stereocenters. The average Bonchev–Trinajstić information content (AvgIpc) is 3.68. The number of imidazole rings is 1. The number of aryl methyl sites for hydroxylation is 1. The molecule has 2 heterocycles. The molecule has 4 nitrogen and oxygen atoms in total. The fourth-order valence-electron chi connectivity index (χ4n) is 8.07. The van der Waals surface area contributed by atoms with Crippen molar-refractivity contribution in [2.45, 2.75) is 59.2 Å². The topological polar surface area (TPSA) is 50.9 Å². The number of para-hydroxylation sites is 2. The minimum absolute atomic E-state index is 0. The molecule has 0 radical (unpaired) electrons. The van der Waals surface area contributed by atoms with Crippen molar-refractivity contribution in [3.63, 3.8) is 0 Å². The Hall–Kier alpha value is -6.35. The van der Waals surface area contributed by atoms with Crippen molar-refractivity contribution in [3.05, 3.63) is 204 Å². The first-order chi connectivity index (χ1) is 31.0. The third-order valence-corrected chi connectivity index (χ3v) is 11.5. The fourth-order valence-corrected chi connectivity index (χ4v) is 8.07. The number of phenolic OH excluding ortho intramolecular Hbond substituents is 1. The monoisotopic (exact) mass is 991 g/mol. The first-order valence-electron chi connectivity index (χ1n) is 22.8. The second-order valence-corrected chi connectivity index (χ2v) is 17.0. The molecule has 0 bridgehead atoms. The second-order valence-electron chi connectivity index (χ2n) is 17.0. The molecule has 0 aliphatic rings. The summed E-state index contributed by atoms with van der Waals surface area (Å²) in [7, 11) is 0. The molecule has 0 aliphatic heterocycles. The summed E-state index contributed by atoms with van der Waals surface area (Å²) in [5.74, 6) is -0.313. The minimum Gasteiger partial charge on any atom is -0.507 e. The van der Waals surface area contributed by atoms with E-state index in [1.165, 1.54) is 11.8 Å². The molecule has 310 valence electrons. The predicted molar refractivity (Wildman–Crippen MR) is 253 cm³/mol. The number of benzene rings is 7. The third-order valence-electron chi connectivity index (χ3n) is 11.5. The van der Waals surface area contributed by atoms with E-state index >= 15 is 0 Å². The molecular formula is C57H50N3OPt-. The van der Waals surface area contributed by atoms with Crippen LogP contribution in [-0.2, 0) is 32.9 Å². The first-order valence-corrected chi connectivity index (χ1v) is 20.8. The molecule has 0 spiro atoms. The number of hydrogen-bond donors (Lipinski definition) is 1. The Kier molecular flexibility index (Phi) is 10.6. The zero-order chi connectivity index (χ0) is 45.7. The maximum Gasteiger partial charge on any atom is 0.148 e. The van der Waals surface area contributed by atoms with E-state index in [-0.39, 0.29) is 37.8 Å². The fraction of sp³-hybridized carbons (Fsp3) is 0.158. The van der Waals surface area contributed by atoms with E-state index in [9.17, 15) is 6.48 Å². The summed E-state index contributed by atoms with van der Waals surface area (Å²) in [6, 6.07) is 58.0. The molecule has 5 heteroatoms. The Bertz CT molecular complexity index is 3190. The molecular weight excluding hydrogens is 938 g/mol. The van der Waals surface area contributed by atoms with Gasteiger partial charge in [0.2, 0.25) is 0 Å². The van der Waals surface area contributed by atoms with Gasteiger partial charge >= 0.3 is 0 Å². The minimum atomic E-state index is -2.41. The van der Waals surface area contributed by atoms with E-state index in [1.807, 2.05) is 135 Å². The van der Waals surface area contributed by atoms with Crippen LogP contribution in [0.25, 0.3) is 72.7 Å². The molecule has 9 aromatic rings. The van der Waals surface area contributed by atoms with Crippen molar-refractivity contribution < 1.29 is 31.7 Å². The quantitative estimate of drug-likeness (QED) is 0.147. The number of rotatable bonds is 9. The maximum absolute atomic E-state index is 11.6. The molecule has 2 aromatic heterocycles. The van der Waals surface area contributed by atoms with Gasteiger partial charge in [-0.2, -0.15) is 0 Å². The van der Waals surface area contributed by atoms with Crippen LogP contribution in [0.2, 0.25) is 0 Å². The van der Waals surface area contributed by atoms with Gasteiger partial charge in [-0.3, -0.25) is 9.55 Å². The summed E-state index contributed by atoms with van der Waals surface area (Å²) in [6.07, 6.45) is 2.22. The Labute approximate surface area is 385 Å². The Morgan fingerprint density at radius 3 is 2.06 bits per heavy atom. The first kappa shape index (κ1) is 37.4. The summed E-state index contributed by atoms with van der Waals surface area (Å²) in [5.41, 5.74) is 13.1. The van der Waals surface area contributed by atoms with Crippen LogP contribution in [0.5, 0.6) is 5.75 Å². The SMILES string of the molecule is [2H]C([2H])([2H])c1cnc(-c2[c-]c(-c3cccc4c3nc(-c3cc(C(C)(C)C)ccc3O)n4-c3ccccc3-c3ccccc3)cc(C([2H])(C)C)c2)cc1-c1ccc(Cc2ccccc2)cc1.[Pt]. The number of nitrogens with zero attached hydrogens (tertiary/aromatic N) is 3. The Balaban J connectivity index is 0.00000592. The Morgan fingerprint density at radius 1 is 0.677 bits per heavy atom. The summed E-state index contributed by atoms with van der Waals surface area (Å²) in [5, 5.41) is 11.6. The molecule has 62 heavy (non-hydrogen) atoms. The van der Waals surface area contributed by atoms with Gasteiger partial charge in [0.05, 0.1) is 22.3 Å². The summed E-state index contributed by atoms with van der Waals surface area (Å²) >= 11 is 0. The zero-order valence-electron chi connectivity index (χ0n) is 39.5. The van der Waals surface area contributed by atoms with E-state index in [0.717, 1.165) is 56.6 Å². The molecule has 7 aromatic carbocycles. The molecule has 0 fully saturated rings. The van der Waals surface area contributed by atoms with Gasteiger partial charge in [-0.05, 0) is 87.8 Å². The van der Waals surface area contributed by atoms with Crippen LogP contribution in [0.15, 0.2) is 170 Å². The molecule has 9 rings (SSSR count). The van der Waals surface area contributed by atoms with E-state index in [0.29, 0.717) is 39.3 Å². The van der Waals surface area contributed by atoms with Gasteiger partial charge in [0, 0.05) is 44.0 Å². The van der Waals surface area contributed by atoms with Crippen LogP contribution >= 0.6 is 0 Å². The van der Waals surface area contributed by atoms with Gasteiger partial charge in [-0.1, -0.05) is 173 Å². The van der Waals surface area contributed by atoms with Crippen molar-refractivity contribution >= 4 is 11.0 Å². The molecule has 0 amide bonds. The number of phenols is 1. The second kappa shape index (κ2) is 17.6. The van der Waals surface area contributed by atoms with Gasteiger partial charge in [0.15, 0.2) is 0 Å². The van der Waals surface area contributed by atoms with Crippen molar-refractivity contribution in [2.24, 2.45) is 0 Å². The summed E-state index contributed by atoms with van der Waals surface area (Å²) in [4.78, 5) is 10.2. The van der Waals surface area contributed by atoms with Gasteiger partial charge in [-0.15, -0.1) is 29.3 Å². The zero-order valence-corrected chi connectivity index (χ0v) is 37.8. The van der Waals surface area contributed by atoms with Crippen LogP contribution in [0.1, 0.15) is 73.8 Å². The van der Waals surface area contributed by atoms with E-state index in [2.05, 4.69) is 67.8 Å². The summed E-state index contributed by atoms with van der Waals surface area (Å²) < 4.78 is 36.8. The van der Waals surface area contributed by atoms with Gasteiger partial charge in [0.1, 0.15) is 11.6 Å². The molecule has 0 aliphatic carbocycles. The van der Waals surface area contributed by atoms with Gasteiger partial charge < -0.3 is 5.11 Å². The van der Waals surface area contributed by atoms with Crippen LogP contribution in [-0.4, -0.2) is 19.6 Å². The van der Waals surface area contributed by atoms with Gasteiger partial charge in [-0.25, -0.2) is 4.98 Å². The normalized spacial score (nSPS) is 12.9. The largest absolute Gasteiger partial charge is 0.507 e. The van der Waals surface area contributed by atoms with Crippen molar-refractivity contribution in [3.8, 4) is 67.5 Å². The van der Waals surface area contributed by atoms with Crippen LogP contribution in [0, 0.1) is 12.9 Å². The number of pyridine rings is 1. The summed E-state index contributed by atoms with van der Waals surface area (Å²) in [6.45, 7) is 7.75. The molecule has 0 saturated heterocycles. The standard InChI is InChI=1S/C57H50N3O.Pt/c1-37(2)43-31-44(33-45(32-43)51-35-49(38(3)36-58-51)42-26-24-40(25-27-42)30-39-16-9-7-10-17-39)48-21-15-23-53-55(48)59-56(50-34-46(57(4,5)6)28-29-54(50)61)60(53)52-22-14-13-20-47(52)41-18-11-8-12-19-41;/h7-29,31-32,34-37,61H,30H2,1-6H3;/q-1;/i3D3,37D;. The smallest absolute Gasteiger partial charge is 0.148 e. The number of aromatic hydroxyl groups is 1. The molecule has 0 saturated carbocycles. The number of aromatic nitrogens is 3. The third kappa shape index (κ3) is 8.45.